The van der Waals surface area contributed by atoms with Crippen molar-refractivity contribution in [2.45, 2.75) is 40.0 Å². The van der Waals surface area contributed by atoms with Crippen molar-refractivity contribution in [2.75, 3.05) is 38.7 Å². The Morgan fingerprint density at radius 1 is 1.24 bits per heavy atom. The van der Waals surface area contributed by atoms with Gasteiger partial charge >= 0.3 is 0 Å². The molecule has 0 aliphatic rings. The minimum atomic E-state index is -0.576. The third kappa shape index (κ3) is 6.91. The van der Waals surface area contributed by atoms with Crippen LogP contribution in [0, 0.1) is 6.92 Å². The van der Waals surface area contributed by atoms with Crippen LogP contribution in [-0.4, -0.2) is 58.2 Å². The molecule has 3 heterocycles. The second-order valence-corrected chi connectivity index (χ2v) is 8.73. The number of aryl methyl sites for hydroxylation is 1. The number of methoxy groups -OCH3 is 1. The molecule has 3 aromatic heterocycles. The summed E-state index contributed by atoms with van der Waals surface area (Å²) >= 11 is 1.73. The SMILES string of the molecule is CCN(CC)Cc1nc(COCCNc2ncc(C(OC)c3ccccn3)c(=O)[nH]2)c(C)s1. The van der Waals surface area contributed by atoms with E-state index in [0.29, 0.717) is 37.0 Å². The van der Waals surface area contributed by atoms with E-state index in [1.807, 2.05) is 18.2 Å². The van der Waals surface area contributed by atoms with Gasteiger partial charge in [0.25, 0.3) is 5.56 Å². The van der Waals surface area contributed by atoms with Gasteiger partial charge in [-0.3, -0.25) is 19.7 Å². The van der Waals surface area contributed by atoms with E-state index in [-0.39, 0.29) is 5.56 Å². The number of anilines is 1. The molecule has 3 rings (SSSR count). The van der Waals surface area contributed by atoms with E-state index in [2.05, 4.69) is 45.9 Å². The second-order valence-electron chi connectivity index (χ2n) is 7.44. The number of aromatic nitrogens is 4. The lowest BCUT2D eigenvalue weighted by molar-refractivity contribution is 0.127. The number of ether oxygens (including phenoxy) is 2. The van der Waals surface area contributed by atoms with Gasteiger partial charge in [-0.05, 0) is 32.1 Å². The largest absolute Gasteiger partial charge is 0.373 e. The molecule has 178 valence electrons. The summed E-state index contributed by atoms with van der Waals surface area (Å²) in [6.07, 6.45) is 2.60. The lowest BCUT2D eigenvalue weighted by atomic mass is 10.1. The van der Waals surface area contributed by atoms with E-state index in [1.165, 1.54) is 11.1 Å². The molecule has 0 saturated heterocycles. The minimum absolute atomic E-state index is 0.273. The van der Waals surface area contributed by atoms with Gasteiger partial charge in [-0.2, -0.15) is 0 Å². The van der Waals surface area contributed by atoms with Crippen LogP contribution in [0.5, 0.6) is 0 Å². The summed E-state index contributed by atoms with van der Waals surface area (Å²) in [7, 11) is 1.54. The van der Waals surface area contributed by atoms with Gasteiger partial charge in [-0.15, -0.1) is 11.3 Å². The van der Waals surface area contributed by atoms with E-state index in [1.54, 1.807) is 24.6 Å². The molecule has 0 fully saturated rings. The van der Waals surface area contributed by atoms with Crippen LogP contribution in [0.4, 0.5) is 5.95 Å². The van der Waals surface area contributed by atoms with Crippen LogP contribution in [0.3, 0.4) is 0 Å². The molecule has 0 radical (unpaired) electrons. The summed E-state index contributed by atoms with van der Waals surface area (Å²) < 4.78 is 11.3. The van der Waals surface area contributed by atoms with E-state index >= 15 is 0 Å². The first kappa shape index (κ1) is 25.0. The summed E-state index contributed by atoms with van der Waals surface area (Å²) in [4.78, 5) is 32.2. The van der Waals surface area contributed by atoms with Crippen LogP contribution in [0.15, 0.2) is 35.4 Å². The standard InChI is InChI=1S/C23H32N6O3S/c1-5-29(6-2)14-20-27-19(16(3)33-20)15-32-12-11-25-23-26-13-17(22(30)28-23)21(31-4)18-9-7-8-10-24-18/h7-10,13,21H,5-6,11-12,14-15H2,1-4H3,(H2,25,26,28,30). The zero-order chi connectivity index (χ0) is 23.6. The molecule has 0 aliphatic carbocycles. The number of hydrogen-bond donors (Lipinski definition) is 2. The molecule has 3 aromatic rings. The normalized spacial score (nSPS) is 12.3. The van der Waals surface area contributed by atoms with Crippen molar-refractivity contribution < 1.29 is 9.47 Å². The van der Waals surface area contributed by atoms with Crippen molar-refractivity contribution in [1.29, 1.82) is 0 Å². The smallest absolute Gasteiger partial charge is 0.258 e. The zero-order valence-corrected chi connectivity index (χ0v) is 20.4. The Bertz CT molecular complexity index is 1050. The molecule has 9 nitrogen and oxygen atoms in total. The average molecular weight is 473 g/mol. The van der Waals surface area contributed by atoms with Crippen LogP contribution in [0.1, 0.15) is 46.8 Å². The Hall–Kier alpha value is -2.66. The van der Waals surface area contributed by atoms with E-state index in [4.69, 9.17) is 14.5 Å². The summed E-state index contributed by atoms with van der Waals surface area (Å²) in [6, 6.07) is 5.48. The first-order valence-electron chi connectivity index (χ1n) is 11.1. The molecule has 33 heavy (non-hydrogen) atoms. The minimum Gasteiger partial charge on any atom is -0.373 e. The maximum atomic E-state index is 12.6. The number of hydrogen-bond acceptors (Lipinski definition) is 9. The second kappa shape index (κ2) is 12.5. The van der Waals surface area contributed by atoms with E-state index < -0.39 is 6.10 Å². The molecular formula is C23H32N6O3S. The highest BCUT2D eigenvalue weighted by Crippen LogP contribution is 2.21. The predicted molar refractivity (Wildman–Crippen MR) is 130 cm³/mol. The Kier molecular flexibility index (Phi) is 9.49. The highest BCUT2D eigenvalue weighted by molar-refractivity contribution is 7.11. The third-order valence-electron chi connectivity index (χ3n) is 5.27. The molecule has 0 aromatic carbocycles. The topological polar surface area (TPSA) is 105 Å². The number of nitrogens with zero attached hydrogens (tertiary/aromatic N) is 4. The lowest BCUT2D eigenvalue weighted by Crippen LogP contribution is -2.22. The van der Waals surface area contributed by atoms with Crippen LogP contribution in [0.2, 0.25) is 0 Å². The molecule has 0 bridgehead atoms. The highest BCUT2D eigenvalue weighted by Gasteiger charge is 2.19. The predicted octanol–water partition coefficient (Wildman–Crippen LogP) is 3.14. The monoisotopic (exact) mass is 472 g/mol. The Morgan fingerprint density at radius 3 is 2.73 bits per heavy atom. The van der Waals surface area contributed by atoms with Gasteiger partial charge in [0, 0.05) is 30.9 Å². The molecule has 0 saturated carbocycles. The first-order chi connectivity index (χ1) is 16.0. The molecule has 1 unspecified atom stereocenters. The summed E-state index contributed by atoms with van der Waals surface area (Å²) in [6.45, 7) is 10.7. The molecule has 0 amide bonds. The van der Waals surface area contributed by atoms with Crippen molar-refractivity contribution in [2.24, 2.45) is 0 Å². The number of pyridine rings is 1. The average Bonchev–Trinajstić information content (AvgIpc) is 3.18. The zero-order valence-electron chi connectivity index (χ0n) is 19.6. The first-order valence-corrected chi connectivity index (χ1v) is 11.9. The van der Waals surface area contributed by atoms with Crippen LogP contribution >= 0.6 is 11.3 Å². The molecule has 0 spiro atoms. The molecular weight excluding hydrogens is 440 g/mol. The Labute approximate surface area is 198 Å². The summed E-state index contributed by atoms with van der Waals surface area (Å²) in [5.74, 6) is 0.384. The van der Waals surface area contributed by atoms with Gasteiger partial charge in [0.2, 0.25) is 5.95 Å². The molecule has 1 atom stereocenters. The van der Waals surface area contributed by atoms with Crippen LogP contribution in [0.25, 0.3) is 0 Å². The van der Waals surface area contributed by atoms with Gasteiger partial charge in [0.1, 0.15) is 11.1 Å². The van der Waals surface area contributed by atoms with Gasteiger partial charge in [0.05, 0.1) is 36.7 Å². The third-order valence-corrected chi connectivity index (χ3v) is 6.27. The summed E-state index contributed by atoms with van der Waals surface area (Å²) in [5.41, 5.74) is 1.76. The number of nitrogens with one attached hydrogen (secondary N) is 2. The van der Waals surface area contributed by atoms with E-state index in [9.17, 15) is 4.79 Å². The van der Waals surface area contributed by atoms with Crippen molar-refractivity contribution in [3.63, 3.8) is 0 Å². The molecule has 2 N–H and O–H groups in total. The quantitative estimate of drug-likeness (QED) is 0.366. The highest BCUT2D eigenvalue weighted by atomic mass is 32.1. The Morgan fingerprint density at radius 2 is 2.06 bits per heavy atom. The van der Waals surface area contributed by atoms with Crippen molar-refractivity contribution in [3.8, 4) is 0 Å². The van der Waals surface area contributed by atoms with Gasteiger partial charge in [0.15, 0.2) is 0 Å². The number of aromatic amines is 1. The van der Waals surface area contributed by atoms with E-state index in [0.717, 1.165) is 30.3 Å². The maximum Gasteiger partial charge on any atom is 0.258 e. The molecule has 10 heteroatoms. The van der Waals surface area contributed by atoms with Gasteiger partial charge in [-0.1, -0.05) is 19.9 Å². The number of thiazole rings is 1. The Balaban J connectivity index is 1.48. The van der Waals surface area contributed by atoms with Crippen LogP contribution < -0.4 is 10.9 Å². The fourth-order valence-corrected chi connectivity index (χ4v) is 4.34. The van der Waals surface area contributed by atoms with Crippen molar-refractivity contribution >= 4 is 17.3 Å². The van der Waals surface area contributed by atoms with Crippen LogP contribution in [-0.2, 0) is 22.6 Å². The van der Waals surface area contributed by atoms with Crippen molar-refractivity contribution in [1.82, 2.24) is 24.8 Å². The van der Waals surface area contributed by atoms with Gasteiger partial charge < -0.3 is 14.8 Å². The fourth-order valence-electron chi connectivity index (χ4n) is 3.36. The summed E-state index contributed by atoms with van der Waals surface area (Å²) in [5, 5.41) is 4.20. The lowest BCUT2D eigenvalue weighted by Gasteiger charge is -2.15. The maximum absolute atomic E-state index is 12.6. The number of rotatable bonds is 13. The van der Waals surface area contributed by atoms with Gasteiger partial charge in [-0.25, -0.2) is 9.97 Å². The number of H-pyrrole nitrogens is 1. The van der Waals surface area contributed by atoms with Crippen molar-refractivity contribution in [3.05, 3.63) is 67.8 Å². The molecule has 0 aliphatic heterocycles. The fraction of sp³-hybridized carbons (Fsp3) is 0.478.